The molecule has 4 nitrogen and oxygen atoms in total. The van der Waals surface area contributed by atoms with E-state index in [0.717, 1.165) is 83.3 Å². The Hall–Kier alpha value is -7.73. The first-order valence-electron chi connectivity index (χ1n) is 20.1. The van der Waals surface area contributed by atoms with Gasteiger partial charge in [-0.05, 0) is 70.8 Å². The summed E-state index contributed by atoms with van der Waals surface area (Å²) in [6, 6.07) is 70.2. The molecule has 0 aliphatic rings. The van der Waals surface area contributed by atoms with E-state index < -0.39 is 0 Å². The summed E-state index contributed by atoms with van der Waals surface area (Å²) in [4.78, 5) is 15.6. The van der Waals surface area contributed by atoms with Crippen LogP contribution in [-0.4, -0.2) is 15.0 Å². The van der Waals surface area contributed by atoms with Crippen molar-refractivity contribution in [3.63, 3.8) is 0 Å². The predicted molar refractivity (Wildman–Crippen MR) is 250 cm³/mol. The highest BCUT2D eigenvalue weighted by molar-refractivity contribution is 7.25. The summed E-state index contributed by atoms with van der Waals surface area (Å²) in [5, 5.41) is 5.78. The molecule has 0 saturated carbocycles. The van der Waals surface area contributed by atoms with Crippen LogP contribution in [0.2, 0.25) is 0 Å². The molecule has 0 radical (unpaired) electrons. The van der Waals surface area contributed by atoms with E-state index in [1.807, 2.05) is 47.7 Å². The Morgan fingerprint density at radius 2 is 0.933 bits per heavy atom. The molecule has 4 aromatic heterocycles. The average molecular weight is 784 g/mol. The van der Waals surface area contributed by atoms with E-state index in [9.17, 15) is 0 Å². The van der Waals surface area contributed by atoms with Crippen LogP contribution in [0.1, 0.15) is 0 Å². The van der Waals surface area contributed by atoms with Gasteiger partial charge in [-0.1, -0.05) is 152 Å². The Morgan fingerprint density at radius 3 is 1.75 bits per heavy atom. The quantitative estimate of drug-likeness (QED) is 0.169. The molecule has 0 saturated heterocycles. The molecule has 0 amide bonds. The fourth-order valence-electron chi connectivity index (χ4n) is 8.51. The van der Waals surface area contributed by atoms with Crippen molar-refractivity contribution in [1.82, 2.24) is 15.0 Å². The Morgan fingerprint density at radius 1 is 0.350 bits per heavy atom. The Kier molecular flexibility index (Phi) is 8.00. The first-order valence-corrected chi connectivity index (χ1v) is 20.9. The lowest BCUT2D eigenvalue weighted by Crippen LogP contribution is -1.96. The molecular weight excluding hydrogens is 751 g/mol. The van der Waals surface area contributed by atoms with Gasteiger partial charge in [0.25, 0.3) is 0 Å². The molecule has 0 aliphatic heterocycles. The van der Waals surface area contributed by atoms with Gasteiger partial charge in [0.05, 0.1) is 16.9 Å². The van der Waals surface area contributed by atoms with Crippen molar-refractivity contribution in [1.29, 1.82) is 0 Å². The molecule has 0 atom stereocenters. The highest BCUT2D eigenvalue weighted by Crippen LogP contribution is 2.42. The first kappa shape index (κ1) is 34.3. The number of rotatable bonds is 6. The normalized spacial score (nSPS) is 11.7. The molecule has 5 heteroatoms. The van der Waals surface area contributed by atoms with E-state index in [1.165, 1.54) is 31.3 Å². The summed E-state index contributed by atoms with van der Waals surface area (Å²) in [6.45, 7) is 0. The van der Waals surface area contributed by atoms with Crippen LogP contribution in [0.5, 0.6) is 0 Å². The lowest BCUT2D eigenvalue weighted by Gasteiger charge is -2.12. The molecule has 0 N–H and O–H groups in total. The fourth-order valence-corrected chi connectivity index (χ4v) is 9.60. The Bertz CT molecular complexity index is 3590. The summed E-state index contributed by atoms with van der Waals surface area (Å²) in [5.41, 5.74) is 13.6. The van der Waals surface area contributed by atoms with Crippen molar-refractivity contribution < 1.29 is 4.42 Å². The molecule has 8 aromatic carbocycles. The minimum absolute atomic E-state index is 0.672. The third kappa shape index (κ3) is 5.86. The highest BCUT2D eigenvalue weighted by atomic mass is 32.1. The number of fused-ring (bicyclic) bond motifs is 8. The summed E-state index contributed by atoms with van der Waals surface area (Å²) in [6.07, 6.45) is 0. The number of aromatic nitrogens is 3. The maximum atomic E-state index is 6.74. The summed E-state index contributed by atoms with van der Waals surface area (Å²) in [7, 11) is 0. The van der Waals surface area contributed by atoms with Crippen molar-refractivity contribution in [2.24, 2.45) is 0 Å². The van der Waals surface area contributed by atoms with Crippen LogP contribution in [0.3, 0.4) is 0 Å². The van der Waals surface area contributed by atoms with E-state index in [-0.39, 0.29) is 0 Å². The maximum Gasteiger partial charge on any atom is 0.162 e. The van der Waals surface area contributed by atoms with Crippen LogP contribution >= 0.6 is 11.3 Å². The second-order valence-corrected chi connectivity index (χ2v) is 16.2. The van der Waals surface area contributed by atoms with Crippen LogP contribution < -0.4 is 0 Å². The molecular formula is C55H33N3OS. The lowest BCUT2D eigenvalue weighted by molar-refractivity contribution is 0.669. The van der Waals surface area contributed by atoms with Gasteiger partial charge in [-0.2, -0.15) is 0 Å². The standard InChI is InChI=1S/C55H33N3OS/c1-3-12-34(13-4-1)35-22-24-36(25-23-35)47-33-48(58-55(57-47)37-14-5-2-6-15-37)40-16-11-17-41(30-40)53-54-52(43-19-7-9-20-49(43)59-54)45-32-38(26-28-46(45)56-53)39-27-29-51-44(31-39)42-18-8-10-21-50(42)60-51/h1-33H. The van der Waals surface area contributed by atoms with Gasteiger partial charge in [0, 0.05) is 58.6 Å². The topological polar surface area (TPSA) is 51.8 Å². The number of nitrogens with zero attached hydrogens (tertiary/aromatic N) is 3. The smallest absolute Gasteiger partial charge is 0.162 e. The zero-order chi connectivity index (χ0) is 39.6. The number of pyridine rings is 1. The van der Waals surface area contributed by atoms with E-state index in [4.69, 9.17) is 19.4 Å². The van der Waals surface area contributed by atoms with Gasteiger partial charge in [0.15, 0.2) is 11.4 Å². The number of para-hydroxylation sites is 1. The van der Waals surface area contributed by atoms with Gasteiger partial charge in [-0.3, -0.25) is 0 Å². The lowest BCUT2D eigenvalue weighted by atomic mass is 9.97. The molecule has 60 heavy (non-hydrogen) atoms. The van der Waals surface area contributed by atoms with Gasteiger partial charge in [-0.15, -0.1) is 11.3 Å². The molecule has 0 aliphatic carbocycles. The summed E-state index contributed by atoms with van der Waals surface area (Å²) >= 11 is 1.84. The molecule has 0 fully saturated rings. The Balaban J connectivity index is 0.996. The molecule has 12 aromatic rings. The van der Waals surface area contributed by atoms with Crippen LogP contribution in [-0.2, 0) is 0 Å². The van der Waals surface area contributed by atoms with Crippen molar-refractivity contribution in [3.8, 4) is 67.4 Å². The second-order valence-electron chi connectivity index (χ2n) is 15.2. The van der Waals surface area contributed by atoms with Gasteiger partial charge >= 0.3 is 0 Å². The van der Waals surface area contributed by atoms with Crippen molar-refractivity contribution in [3.05, 3.63) is 200 Å². The summed E-state index contributed by atoms with van der Waals surface area (Å²) < 4.78 is 9.34. The highest BCUT2D eigenvalue weighted by Gasteiger charge is 2.20. The molecule has 12 rings (SSSR count). The van der Waals surface area contributed by atoms with E-state index in [2.05, 4.69) is 164 Å². The van der Waals surface area contributed by atoms with Gasteiger partial charge in [0.1, 0.15) is 11.3 Å². The van der Waals surface area contributed by atoms with Crippen LogP contribution in [0.15, 0.2) is 205 Å². The van der Waals surface area contributed by atoms with Crippen LogP contribution in [0.4, 0.5) is 0 Å². The van der Waals surface area contributed by atoms with E-state index in [1.54, 1.807) is 0 Å². The van der Waals surface area contributed by atoms with E-state index in [0.29, 0.717) is 5.82 Å². The second kappa shape index (κ2) is 14.0. The molecule has 0 unspecified atom stereocenters. The fraction of sp³-hybridized carbons (Fsp3) is 0. The number of furan rings is 1. The van der Waals surface area contributed by atoms with Gasteiger partial charge in [0.2, 0.25) is 0 Å². The largest absolute Gasteiger partial charge is 0.454 e. The van der Waals surface area contributed by atoms with Gasteiger partial charge < -0.3 is 4.42 Å². The molecule has 0 bridgehead atoms. The number of thiophene rings is 1. The minimum Gasteiger partial charge on any atom is -0.454 e. The van der Waals surface area contributed by atoms with Crippen LogP contribution in [0, 0.1) is 0 Å². The summed E-state index contributed by atoms with van der Waals surface area (Å²) in [5.74, 6) is 0.672. The zero-order valence-corrected chi connectivity index (χ0v) is 33.0. The molecule has 280 valence electrons. The molecule has 0 spiro atoms. The van der Waals surface area contributed by atoms with E-state index >= 15 is 0 Å². The zero-order valence-electron chi connectivity index (χ0n) is 32.2. The average Bonchev–Trinajstić information content (AvgIpc) is 3.91. The van der Waals surface area contributed by atoms with Crippen LogP contribution in [0.25, 0.3) is 120 Å². The van der Waals surface area contributed by atoms with Crippen molar-refractivity contribution >= 4 is 64.4 Å². The third-order valence-corrected chi connectivity index (χ3v) is 12.6. The van der Waals surface area contributed by atoms with Crippen molar-refractivity contribution in [2.45, 2.75) is 0 Å². The maximum absolute atomic E-state index is 6.74. The number of hydrogen-bond acceptors (Lipinski definition) is 5. The van der Waals surface area contributed by atoms with Crippen molar-refractivity contribution in [2.75, 3.05) is 0 Å². The Labute approximate surface area is 349 Å². The molecule has 4 heterocycles. The SMILES string of the molecule is c1ccc(-c2ccc(-c3cc(-c4cccc(-c5nc6ccc(-c7ccc8sc9ccccc9c8c7)cc6c6c5oc5ccccc56)c4)nc(-c4ccccc4)n3)cc2)cc1. The predicted octanol–water partition coefficient (Wildman–Crippen LogP) is 15.3. The first-order chi connectivity index (χ1) is 29.7. The number of benzene rings is 8. The minimum atomic E-state index is 0.672. The third-order valence-electron chi connectivity index (χ3n) is 11.5. The monoisotopic (exact) mass is 783 g/mol. The van der Waals surface area contributed by atoms with Gasteiger partial charge in [-0.25, -0.2) is 15.0 Å². The number of hydrogen-bond donors (Lipinski definition) is 0.